The van der Waals surface area contributed by atoms with E-state index in [0.717, 1.165) is 17.7 Å². The van der Waals surface area contributed by atoms with Crippen LogP contribution < -0.4 is 10.5 Å². The van der Waals surface area contributed by atoms with Crippen LogP contribution in [0.25, 0.3) is 0 Å². The van der Waals surface area contributed by atoms with Gasteiger partial charge in [-0.2, -0.15) is 0 Å². The second-order valence-electron chi connectivity index (χ2n) is 3.47. The number of amides is 1. The van der Waals surface area contributed by atoms with E-state index in [1.54, 1.807) is 7.11 Å². The lowest BCUT2D eigenvalue weighted by atomic mass is 10.0. The van der Waals surface area contributed by atoms with Crippen molar-refractivity contribution in [3.8, 4) is 5.75 Å². The van der Waals surface area contributed by atoms with Gasteiger partial charge in [0.25, 0.3) is 0 Å². The molecule has 2 N–H and O–H groups in total. The van der Waals surface area contributed by atoms with E-state index in [0.29, 0.717) is 12.8 Å². The summed E-state index contributed by atoms with van der Waals surface area (Å²) in [5.41, 5.74) is 7.40. The van der Waals surface area contributed by atoms with Gasteiger partial charge in [0, 0.05) is 6.42 Å². The molecule has 0 fully saturated rings. The zero-order chi connectivity index (χ0) is 11.3. The molecular weight excluding hydrogens is 190 g/mol. The smallest absolute Gasteiger partial charge is 0.217 e. The minimum absolute atomic E-state index is 0.260. The molecular formula is C12H17NO2. The molecule has 3 heteroatoms. The Balaban J connectivity index is 2.78. The number of ether oxygens (including phenoxy) is 1. The van der Waals surface area contributed by atoms with E-state index >= 15 is 0 Å². The SMILES string of the molecule is CCc1cc(CCC(N)=O)ccc1OC. The summed E-state index contributed by atoms with van der Waals surface area (Å²) in [6.07, 6.45) is 2.02. The van der Waals surface area contributed by atoms with E-state index in [9.17, 15) is 4.79 Å². The lowest BCUT2D eigenvalue weighted by Gasteiger charge is -2.08. The van der Waals surface area contributed by atoms with E-state index in [-0.39, 0.29) is 5.91 Å². The molecule has 1 aromatic rings. The van der Waals surface area contributed by atoms with E-state index in [1.165, 1.54) is 5.56 Å². The monoisotopic (exact) mass is 207 g/mol. The fourth-order valence-corrected chi connectivity index (χ4v) is 1.53. The van der Waals surface area contributed by atoms with Crippen LogP contribution in [-0.4, -0.2) is 13.0 Å². The van der Waals surface area contributed by atoms with E-state index in [4.69, 9.17) is 10.5 Å². The molecule has 3 nitrogen and oxygen atoms in total. The number of aryl methyl sites for hydroxylation is 2. The minimum atomic E-state index is -0.260. The minimum Gasteiger partial charge on any atom is -0.496 e. The summed E-state index contributed by atoms with van der Waals surface area (Å²) in [5.74, 6) is 0.643. The van der Waals surface area contributed by atoms with Crippen LogP contribution in [0.5, 0.6) is 5.75 Å². The van der Waals surface area contributed by atoms with Crippen LogP contribution >= 0.6 is 0 Å². The predicted molar refractivity (Wildman–Crippen MR) is 59.9 cm³/mol. The Bertz CT molecular complexity index is 347. The number of hydrogen-bond donors (Lipinski definition) is 1. The molecule has 0 saturated carbocycles. The van der Waals surface area contributed by atoms with Crippen LogP contribution in [-0.2, 0) is 17.6 Å². The summed E-state index contributed by atoms with van der Waals surface area (Å²) in [6.45, 7) is 2.08. The third-order valence-electron chi connectivity index (χ3n) is 2.39. The summed E-state index contributed by atoms with van der Waals surface area (Å²) in [7, 11) is 1.66. The second kappa shape index (κ2) is 5.39. The molecule has 1 amide bonds. The summed E-state index contributed by atoms with van der Waals surface area (Å²) >= 11 is 0. The van der Waals surface area contributed by atoms with Gasteiger partial charge in [-0.3, -0.25) is 4.79 Å². The fourth-order valence-electron chi connectivity index (χ4n) is 1.53. The largest absolute Gasteiger partial charge is 0.496 e. The summed E-state index contributed by atoms with van der Waals surface area (Å²) in [6, 6.07) is 5.98. The molecule has 82 valence electrons. The lowest BCUT2D eigenvalue weighted by Crippen LogP contribution is -2.11. The molecule has 0 unspecified atom stereocenters. The van der Waals surface area contributed by atoms with Crippen molar-refractivity contribution in [2.45, 2.75) is 26.2 Å². The van der Waals surface area contributed by atoms with Crippen molar-refractivity contribution >= 4 is 5.91 Å². The average Bonchev–Trinajstić information content (AvgIpc) is 2.25. The van der Waals surface area contributed by atoms with Gasteiger partial charge in [-0.05, 0) is 30.0 Å². The molecule has 0 aliphatic rings. The molecule has 0 aromatic heterocycles. The highest BCUT2D eigenvalue weighted by atomic mass is 16.5. The standard InChI is InChI=1S/C12H17NO2/c1-3-10-8-9(5-7-12(13)14)4-6-11(10)15-2/h4,6,8H,3,5,7H2,1-2H3,(H2,13,14). The fraction of sp³-hybridized carbons (Fsp3) is 0.417. The van der Waals surface area contributed by atoms with Gasteiger partial charge >= 0.3 is 0 Å². The Morgan fingerprint density at radius 3 is 2.73 bits per heavy atom. The first-order valence-corrected chi connectivity index (χ1v) is 5.11. The van der Waals surface area contributed by atoms with E-state index in [2.05, 4.69) is 13.0 Å². The number of benzene rings is 1. The number of rotatable bonds is 5. The third kappa shape index (κ3) is 3.27. The van der Waals surface area contributed by atoms with Gasteiger partial charge in [0.2, 0.25) is 5.91 Å². The summed E-state index contributed by atoms with van der Waals surface area (Å²) < 4.78 is 5.23. The van der Waals surface area contributed by atoms with Crippen molar-refractivity contribution in [1.29, 1.82) is 0 Å². The van der Waals surface area contributed by atoms with Gasteiger partial charge in [0.15, 0.2) is 0 Å². The molecule has 1 rings (SSSR count). The summed E-state index contributed by atoms with van der Waals surface area (Å²) in [4.78, 5) is 10.6. The third-order valence-corrected chi connectivity index (χ3v) is 2.39. The van der Waals surface area contributed by atoms with Crippen LogP contribution in [0.3, 0.4) is 0 Å². The quantitative estimate of drug-likeness (QED) is 0.798. The highest BCUT2D eigenvalue weighted by Crippen LogP contribution is 2.20. The zero-order valence-corrected chi connectivity index (χ0v) is 9.25. The molecule has 0 bridgehead atoms. The van der Waals surface area contributed by atoms with Gasteiger partial charge < -0.3 is 10.5 Å². The van der Waals surface area contributed by atoms with Crippen LogP contribution in [0.4, 0.5) is 0 Å². The molecule has 0 aliphatic heterocycles. The second-order valence-corrected chi connectivity index (χ2v) is 3.47. The highest BCUT2D eigenvalue weighted by molar-refractivity contribution is 5.74. The molecule has 0 saturated heterocycles. The van der Waals surface area contributed by atoms with Crippen molar-refractivity contribution in [2.24, 2.45) is 5.73 Å². The van der Waals surface area contributed by atoms with Gasteiger partial charge in [-0.1, -0.05) is 19.1 Å². The maximum Gasteiger partial charge on any atom is 0.217 e. The Kier molecular flexibility index (Phi) is 4.16. The first-order chi connectivity index (χ1) is 7.17. The maximum absolute atomic E-state index is 10.6. The predicted octanol–water partition coefficient (Wildman–Crippen LogP) is 1.68. The van der Waals surface area contributed by atoms with Crippen molar-refractivity contribution in [3.63, 3.8) is 0 Å². The molecule has 0 atom stereocenters. The Labute approximate surface area is 90.2 Å². The zero-order valence-electron chi connectivity index (χ0n) is 9.25. The molecule has 1 aromatic carbocycles. The van der Waals surface area contributed by atoms with Gasteiger partial charge in [0.05, 0.1) is 7.11 Å². The Morgan fingerprint density at radius 1 is 1.47 bits per heavy atom. The number of carbonyl (C=O) groups excluding carboxylic acids is 1. The normalized spacial score (nSPS) is 10.0. The van der Waals surface area contributed by atoms with Crippen molar-refractivity contribution in [3.05, 3.63) is 29.3 Å². The Hall–Kier alpha value is -1.51. The molecule has 0 spiro atoms. The van der Waals surface area contributed by atoms with Crippen molar-refractivity contribution < 1.29 is 9.53 Å². The first kappa shape index (κ1) is 11.6. The molecule has 0 radical (unpaired) electrons. The molecule has 0 aliphatic carbocycles. The van der Waals surface area contributed by atoms with Crippen LogP contribution in [0.1, 0.15) is 24.5 Å². The molecule has 0 heterocycles. The number of primary amides is 1. The topological polar surface area (TPSA) is 52.3 Å². The maximum atomic E-state index is 10.6. The highest BCUT2D eigenvalue weighted by Gasteiger charge is 2.03. The van der Waals surface area contributed by atoms with Crippen LogP contribution in [0, 0.1) is 0 Å². The van der Waals surface area contributed by atoms with Crippen LogP contribution in [0.15, 0.2) is 18.2 Å². The molecule has 15 heavy (non-hydrogen) atoms. The number of carbonyl (C=O) groups is 1. The van der Waals surface area contributed by atoms with Gasteiger partial charge in [-0.25, -0.2) is 0 Å². The van der Waals surface area contributed by atoms with E-state index in [1.807, 2.05) is 12.1 Å². The number of nitrogens with two attached hydrogens (primary N) is 1. The van der Waals surface area contributed by atoms with Gasteiger partial charge in [-0.15, -0.1) is 0 Å². The van der Waals surface area contributed by atoms with Crippen molar-refractivity contribution in [2.75, 3.05) is 7.11 Å². The summed E-state index contributed by atoms with van der Waals surface area (Å²) in [5, 5.41) is 0. The average molecular weight is 207 g/mol. The van der Waals surface area contributed by atoms with Crippen LogP contribution in [0.2, 0.25) is 0 Å². The number of methoxy groups -OCH3 is 1. The lowest BCUT2D eigenvalue weighted by molar-refractivity contribution is -0.117. The number of hydrogen-bond acceptors (Lipinski definition) is 2. The van der Waals surface area contributed by atoms with E-state index < -0.39 is 0 Å². The Morgan fingerprint density at radius 2 is 2.20 bits per heavy atom. The van der Waals surface area contributed by atoms with Crippen molar-refractivity contribution in [1.82, 2.24) is 0 Å². The van der Waals surface area contributed by atoms with Gasteiger partial charge in [0.1, 0.15) is 5.75 Å². The first-order valence-electron chi connectivity index (χ1n) is 5.11.